The van der Waals surface area contributed by atoms with Gasteiger partial charge in [0.05, 0.1) is 5.69 Å². The molecule has 0 aliphatic rings. The molecular formula is C12H16FN2O4P. The van der Waals surface area contributed by atoms with E-state index in [-0.39, 0.29) is 5.69 Å². The van der Waals surface area contributed by atoms with Gasteiger partial charge < -0.3 is 15.7 Å². The fourth-order valence-corrected chi connectivity index (χ4v) is 1.40. The fourth-order valence-electron chi connectivity index (χ4n) is 1.08. The zero-order chi connectivity index (χ0) is 15.7. The van der Waals surface area contributed by atoms with Crippen molar-refractivity contribution in [3.8, 4) is 0 Å². The van der Waals surface area contributed by atoms with Gasteiger partial charge in [-0.3, -0.25) is 14.4 Å². The molecule has 0 heterocycles. The number of anilines is 1. The second-order valence-corrected chi connectivity index (χ2v) is 3.86. The molecule has 0 aliphatic heterocycles. The van der Waals surface area contributed by atoms with Gasteiger partial charge >= 0.3 is 17.8 Å². The van der Waals surface area contributed by atoms with E-state index in [1.54, 1.807) is 0 Å². The molecule has 110 valence electrons. The molecule has 1 unspecified atom stereocenters. The summed E-state index contributed by atoms with van der Waals surface area (Å²) in [4.78, 5) is 32.7. The Bertz CT molecular complexity index is 488. The van der Waals surface area contributed by atoms with E-state index in [4.69, 9.17) is 5.11 Å². The van der Waals surface area contributed by atoms with Crippen molar-refractivity contribution in [2.75, 3.05) is 11.9 Å². The first kappa shape index (κ1) is 18.0. The molecule has 0 bridgehead atoms. The second-order valence-electron chi connectivity index (χ2n) is 3.23. The number of halogens is 1. The Morgan fingerprint density at radius 3 is 2.35 bits per heavy atom. The van der Waals surface area contributed by atoms with E-state index in [1.165, 1.54) is 12.1 Å². The number of nitrogens with one attached hydrogen (secondary N) is 2. The molecular weight excluding hydrogens is 286 g/mol. The van der Waals surface area contributed by atoms with Crippen LogP contribution < -0.4 is 15.9 Å². The molecule has 6 nitrogen and oxygen atoms in total. The summed E-state index contributed by atoms with van der Waals surface area (Å²) in [6.07, 6.45) is 0. The molecule has 1 rings (SSSR count). The lowest BCUT2D eigenvalue weighted by molar-refractivity contribution is -0.140. The van der Waals surface area contributed by atoms with Gasteiger partial charge in [0, 0.05) is 0 Å². The van der Waals surface area contributed by atoms with Crippen LogP contribution in [0.2, 0.25) is 0 Å². The van der Waals surface area contributed by atoms with E-state index in [2.05, 4.69) is 14.6 Å². The molecule has 1 aromatic rings. The van der Waals surface area contributed by atoms with Crippen LogP contribution >= 0.6 is 9.24 Å². The van der Waals surface area contributed by atoms with Gasteiger partial charge in [0.2, 0.25) is 0 Å². The molecule has 0 saturated heterocycles. The minimum Gasteiger partial charge on any atom is -0.480 e. The number of hydrogen-bond donors (Lipinski definition) is 3. The number of carbonyl (C=O) groups is 3. The normalized spacial score (nSPS) is 9.00. The second kappa shape index (κ2) is 8.98. The van der Waals surface area contributed by atoms with E-state index in [1.807, 2.05) is 19.2 Å². The highest BCUT2D eigenvalue weighted by atomic mass is 31.0. The molecule has 20 heavy (non-hydrogen) atoms. The predicted octanol–water partition coefficient (Wildman–Crippen LogP) is 0.492. The third-order valence-corrected chi connectivity index (χ3v) is 2.37. The van der Waals surface area contributed by atoms with Gasteiger partial charge in [-0.05, 0) is 11.4 Å². The highest BCUT2D eigenvalue weighted by molar-refractivity contribution is 7.28. The van der Waals surface area contributed by atoms with Crippen LogP contribution in [0.4, 0.5) is 10.1 Å². The molecule has 2 amide bonds. The van der Waals surface area contributed by atoms with Gasteiger partial charge in [-0.15, -0.1) is 9.24 Å². The quantitative estimate of drug-likeness (QED) is 0.559. The van der Waals surface area contributed by atoms with Crippen molar-refractivity contribution in [2.45, 2.75) is 13.8 Å². The lowest BCUT2D eigenvalue weighted by atomic mass is 10.3. The van der Waals surface area contributed by atoms with Crippen LogP contribution in [0.15, 0.2) is 18.2 Å². The van der Waals surface area contributed by atoms with E-state index in [0.717, 1.165) is 6.07 Å². The number of aliphatic carboxylic acids is 1. The first-order chi connectivity index (χ1) is 9.41. The van der Waals surface area contributed by atoms with Crippen molar-refractivity contribution in [1.82, 2.24) is 5.32 Å². The zero-order valence-corrected chi connectivity index (χ0v) is 12.2. The zero-order valence-electron chi connectivity index (χ0n) is 11.1. The standard InChI is InChI=1S/C10H10FN2O4P.C2H6/c11-5-2-1-3-6(18)8(5)13-10(17)9(16)12-4-7(14)15;1-2/h1-3H,4,18H2,(H,12,16)(H,13,17)(H,14,15);1-2H3. The number of amides is 2. The fraction of sp³-hybridized carbons (Fsp3) is 0.250. The minimum absolute atomic E-state index is 0.141. The van der Waals surface area contributed by atoms with Crippen LogP contribution in [0.5, 0.6) is 0 Å². The Balaban J connectivity index is 0.00000172. The van der Waals surface area contributed by atoms with Crippen LogP contribution in [0, 0.1) is 5.82 Å². The summed E-state index contributed by atoms with van der Waals surface area (Å²) in [6.45, 7) is 3.32. The largest absolute Gasteiger partial charge is 0.480 e. The van der Waals surface area contributed by atoms with Gasteiger partial charge in [0.1, 0.15) is 12.4 Å². The van der Waals surface area contributed by atoms with Gasteiger partial charge in [0.25, 0.3) is 0 Å². The van der Waals surface area contributed by atoms with E-state index < -0.39 is 30.1 Å². The molecule has 0 aromatic heterocycles. The Kier molecular flexibility index (Phi) is 8.08. The molecule has 0 spiro atoms. The van der Waals surface area contributed by atoms with E-state index in [9.17, 15) is 18.8 Å². The van der Waals surface area contributed by atoms with Crippen LogP contribution in [0.3, 0.4) is 0 Å². The number of hydrogen-bond acceptors (Lipinski definition) is 3. The molecule has 0 saturated carbocycles. The smallest absolute Gasteiger partial charge is 0.322 e. The maximum absolute atomic E-state index is 13.3. The summed E-state index contributed by atoms with van der Waals surface area (Å²) < 4.78 is 13.3. The van der Waals surface area contributed by atoms with E-state index >= 15 is 0 Å². The van der Waals surface area contributed by atoms with Crippen LogP contribution in [0.1, 0.15) is 13.8 Å². The molecule has 0 radical (unpaired) electrons. The van der Waals surface area contributed by atoms with E-state index in [0.29, 0.717) is 5.30 Å². The Hall–Kier alpha value is -2.01. The number of rotatable bonds is 3. The molecule has 0 aliphatic carbocycles. The lowest BCUT2D eigenvalue weighted by Gasteiger charge is -2.08. The molecule has 1 aromatic carbocycles. The number of carbonyl (C=O) groups excluding carboxylic acids is 2. The highest BCUT2D eigenvalue weighted by Crippen LogP contribution is 2.12. The third kappa shape index (κ3) is 5.75. The number of carboxylic acids is 1. The number of carboxylic acid groups (broad SMARTS) is 1. The van der Waals surface area contributed by atoms with Crippen molar-refractivity contribution in [2.24, 2.45) is 0 Å². The van der Waals surface area contributed by atoms with Gasteiger partial charge in [-0.1, -0.05) is 26.0 Å². The van der Waals surface area contributed by atoms with Crippen LogP contribution in [-0.4, -0.2) is 29.4 Å². The summed E-state index contributed by atoms with van der Waals surface area (Å²) in [6, 6.07) is 4.09. The van der Waals surface area contributed by atoms with Crippen LogP contribution in [-0.2, 0) is 14.4 Å². The van der Waals surface area contributed by atoms with Crippen molar-refractivity contribution in [3.05, 3.63) is 24.0 Å². The van der Waals surface area contributed by atoms with Crippen molar-refractivity contribution in [3.63, 3.8) is 0 Å². The molecule has 0 fully saturated rings. The average Bonchev–Trinajstić information content (AvgIpc) is 2.42. The third-order valence-electron chi connectivity index (χ3n) is 1.89. The summed E-state index contributed by atoms with van der Waals surface area (Å²) in [5, 5.41) is 12.6. The minimum atomic E-state index is -1.28. The predicted molar refractivity (Wildman–Crippen MR) is 76.4 cm³/mol. The maximum atomic E-state index is 13.3. The Labute approximate surface area is 118 Å². The first-order valence-electron chi connectivity index (χ1n) is 5.76. The number of benzene rings is 1. The first-order valence-corrected chi connectivity index (χ1v) is 6.34. The van der Waals surface area contributed by atoms with Crippen molar-refractivity contribution < 1.29 is 23.9 Å². The highest BCUT2D eigenvalue weighted by Gasteiger charge is 2.17. The van der Waals surface area contributed by atoms with Gasteiger partial charge in [0.15, 0.2) is 0 Å². The lowest BCUT2D eigenvalue weighted by Crippen LogP contribution is -2.38. The van der Waals surface area contributed by atoms with Crippen molar-refractivity contribution >= 4 is 38.0 Å². The van der Waals surface area contributed by atoms with Gasteiger partial charge in [-0.25, -0.2) is 4.39 Å². The summed E-state index contributed by atoms with van der Waals surface area (Å²) in [5.74, 6) is -4.26. The summed E-state index contributed by atoms with van der Waals surface area (Å²) >= 11 is 0. The number of para-hydroxylation sites is 1. The maximum Gasteiger partial charge on any atom is 0.322 e. The average molecular weight is 302 g/mol. The van der Waals surface area contributed by atoms with Crippen LogP contribution in [0.25, 0.3) is 0 Å². The molecule has 3 N–H and O–H groups in total. The monoisotopic (exact) mass is 302 g/mol. The topological polar surface area (TPSA) is 95.5 Å². The SMILES string of the molecule is CC.O=C(O)CNC(=O)C(=O)Nc1c(F)cccc1P. The molecule has 8 heteroatoms. The Morgan fingerprint density at radius 1 is 1.25 bits per heavy atom. The summed E-state index contributed by atoms with van der Waals surface area (Å²) in [5.41, 5.74) is -0.141. The van der Waals surface area contributed by atoms with Crippen molar-refractivity contribution in [1.29, 1.82) is 0 Å². The Morgan fingerprint density at radius 2 is 1.85 bits per heavy atom. The summed E-state index contributed by atoms with van der Waals surface area (Å²) in [7, 11) is 2.20. The molecule has 1 atom stereocenters. The van der Waals surface area contributed by atoms with Gasteiger partial charge in [-0.2, -0.15) is 0 Å².